The summed E-state index contributed by atoms with van der Waals surface area (Å²) in [5, 5.41) is 5.99. The number of carbonyl (C=O) groups excluding carboxylic acids is 1. The van der Waals surface area contributed by atoms with Gasteiger partial charge in [-0.15, -0.1) is 0 Å². The van der Waals surface area contributed by atoms with Crippen LogP contribution in [0.15, 0.2) is 46.4 Å². The van der Waals surface area contributed by atoms with Crippen LogP contribution in [0.1, 0.15) is 34.1 Å². The van der Waals surface area contributed by atoms with Crippen molar-refractivity contribution in [1.82, 2.24) is 4.90 Å². The number of nitrogens with one attached hydrogen (secondary N) is 2. The van der Waals surface area contributed by atoms with Crippen molar-refractivity contribution in [3.8, 4) is 0 Å². The van der Waals surface area contributed by atoms with Gasteiger partial charge >= 0.3 is 0 Å². The Morgan fingerprint density at radius 2 is 1.81 bits per heavy atom. The molecule has 0 aliphatic carbocycles. The van der Waals surface area contributed by atoms with Crippen molar-refractivity contribution < 1.29 is 4.79 Å². The van der Waals surface area contributed by atoms with E-state index in [0.717, 1.165) is 24.4 Å². The predicted molar refractivity (Wildman–Crippen MR) is 114 cm³/mol. The summed E-state index contributed by atoms with van der Waals surface area (Å²) in [7, 11) is 5.59. The number of nitrogens with zero attached hydrogens (tertiary/aromatic N) is 3. The SMILES string of the molecule is CC.CC/C(C)=N\C(=NC)Nc1cccc(NC(=O)/C=C/CN(C)C)c1. The number of amides is 1. The lowest BCUT2D eigenvalue weighted by atomic mass is 10.2. The number of hydrogen-bond acceptors (Lipinski definition) is 3. The Bertz CT molecular complexity index is 633. The van der Waals surface area contributed by atoms with Crippen LogP contribution in [0.25, 0.3) is 0 Å². The molecule has 6 heteroatoms. The second-order valence-corrected chi connectivity index (χ2v) is 5.61. The molecular formula is C20H33N5O. The predicted octanol–water partition coefficient (Wildman–Crippen LogP) is 4.04. The molecule has 0 atom stereocenters. The number of aliphatic imine (C=N–C) groups is 2. The number of carbonyl (C=O) groups is 1. The van der Waals surface area contributed by atoms with Crippen LogP contribution >= 0.6 is 0 Å². The molecule has 0 aliphatic rings. The van der Waals surface area contributed by atoms with Crippen LogP contribution in [0.4, 0.5) is 11.4 Å². The van der Waals surface area contributed by atoms with Gasteiger partial charge in [0.15, 0.2) is 0 Å². The van der Waals surface area contributed by atoms with E-state index in [2.05, 4.69) is 20.6 Å². The molecule has 1 rings (SSSR count). The molecule has 1 amide bonds. The van der Waals surface area contributed by atoms with Crippen LogP contribution in [0.3, 0.4) is 0 Å². The first-order chi connectivity index (χ1) is 12.4. The molecule has 0 fully saturated rings. The molecule has 0 aliphatic heterocycles. The van der Waals surface area contributed by atoms with Gasteiger partial charge in [0.1, 0.15) is 0 Å². The van der Waals surface area contributed by atoms with Crippen LogP contribution in [0.2, 0.25) is 0 Å². The van der Waals surface area contributed by atoms with Crippen molar-refractivity contribution in [2.75, 3.05) is 38.3 Å². The third kappa shape index (κ3) is 10.4. The Balaban J connectivity index is 0.00000301. The quantitative estimate of drug-likeness (QED) is 0.457. The van der Waals surface area contributed by atoms with E-state index in [1.165, 1.54) is 6.08 Å². The first-order valence-electron chi connectivity index (χ1n) is 8.95. The van der Waals surface area contributed by atoms with E-state index < -0.39 is 0 Å². The minimum absolute atomic E-state index is 0.154. The third-order valence-electron chi connectivity index (χ3n) is 3.15. The van der Waals surface area contributed by atoms with E-state index >= 15 is 0 Å². The molecule has 0 heterocycles. The van der Waals surface area contributed by atoms with Gasteiger partial charge in [0, 0.05) is 36.8 Å². The fraction of sp³-hybridized carbons (Fsp3) is 0.450. The molecule has 0 unspecified atom stereocenters. The second-order valence-electron chi connectivity index (χ2n) is 5.61. The number of likely N-dealkylation sites (N-methyl/N-ethyl adjacent to an activating group) is 1. The summed E-state index contributed by atoms with van der Waals surface area (Å²) in [5.74, 6) is 0.391. The molecule has 0 radical (unpaired) electrons. The minimum atomic E-state index is -0.154. The molecule has 1 aromatic rings. The Kier molecular flexibility index (Phi) is 12.5. The molecule has 0 bridgehead atoms. The fourth-order valence-electron chi connectivity index (χ4n) is 1.75. The molecule has 1 aromatic carbocycles. The van der Waals surface area contributed by atoms with E-state index in [1.807, 2.05) is 77.0 Å². The van der Waals surface area contributed by atoms with Crippen molar-refractivity contribution in [3.63, 3.8) is 0 Å². The number of rotatable bonds is 6. The van der Waals surface area contributed by atoms with Gasteiger partial charge in [0.25, 0.3) is 0 Å². The number of benzene rings is 1. The maximum atomic E-state index is 11.9. The zero-order chi connectivity index (χ0) is 19.9. The topological polar surface area (TPSA) is 69.1 Å². The van der Waals surface area contributed by atoms with Gasteiger partial charge in [-0.05, 0) is 45.6 Å². The minimum Gasteiger partial charge on any atom is -0.324 e. The number of hydrogen-bond donors (Lipinski definition) is 2. The van der Waals surface area contributed by atoms with Crippen LogP contribution in [-0.4, -0.2) is 50.2 Å². The summed E-state index contributed by atoms with van der Waals surface area (Å²) in [4.78, 5) is 22.4. The van der Waals surface area contributed by atoms with Crippen molar-refractivity contribution in [3.05, 3.63) is 36.4 Å². The number of guanidine groups is 1. The van der Waals surface area contributed by atoms with Gasteiger partial charge < -0.3 is 15.5 Å². The lowest BCUT2D eigenvalue weighted by molar-refractivity contribution is -0.111. The Hall–Kier alpha value is -2.47. The number of anilines is 2. The summed E-state index contributed by atoms with van der Waals surface area (Å²) in [6, 6.07) is 7.45. The summed E-state index contributed by atoms with van der Waals surface area (Å²) < 4.78 is 0. The maximum absolute atomic E-state index is 11.9. The van der Waals surface area contributed by atoms with Crippen molar-refractivity contribution in [2.24, 2.45) is 9.98 Å². The van der Waals surface area contributed by atoms with Gasteiger partial charge in [0.05, 0.1) is 0 Å². The Labute approximate surface area is 158 Å². The monoisotopic (exact) mass is 359 g/mol. The van der Waals surface area contributed by atoms with Crippen LogP contribution in [0, 0.1) is 0 Å². The summed E-state index contributed by atoms with van der Waals surface area (Å²) in [5.41, 5.74) is 2.53. The van der Waals surface area contributed by atoms with Crippen LogP contribution in [-0.2, 0) is 4.79 Å². The second kappa shape index (κ2) is 13.8. The molecule has 6 nitrogen and oxygen atoms in total. The summed E-state index contributed by atoms with van der Waals surface area (Å²) in [6.07, 6.45) is 4.23. The molecule has 0 saturated carbocycles. The zero-order valence-electron chi connectivity index (χ0n) is 17.1. The Morgan fingerprint density at radius 1 is 1.19 bits per heavy atom. The average molecular weight is 360 g/mol. The molecule has 0 aromatic heterocycles. The van der Waals surface area contributed by atoms with E-state index in [-0.39, 0.29) is 5.91 Å². The van der Waals surface area contributed by atoms with Crippen molar-refractivity contribution in [2.45, 2.75) is 34.1 Å². The molecule has 2 N–H and O–H groups in total. The summed E-state index contributed by atoms with van der Waals surface area (Å²) >= 11 is 0. The van der Waals surface area contributed by atoms with E-state index in [1.54, 1.807) is 7.05 Å². The van der Waals surface area contributed by atoms with Crippen LogP contribution < -0.4 is 10.6 Å². The van der Waals surface area contributed by atoms with Crippen LogP contribution in [0.5, 0.6) is 0 Å². The lowest BCUT2D eigenvalue weighted by Gasteiger charge is -2.09. The first kappa shape index (κ1) is 23.5. The third-order valence-corrected chi connectivity index (χ3v) is 3.15. The average Bonchev–Trinajstić information content (AvgIpc) is 2.62. The van der Waals surface area contributed by atoms with Crippen molar-refractivity contribution in [1.29, 1.82) is 0 Å². The standard InChI is InChI=1S/C18H27N5O.C2H6/c1-6-14(2)20-18(19-3)22-16-10-7-9-15(13-16)21-17(24)11-8-12-23(4)5;1-2/h7-11,13H,6,12H2,1-5H3,(H,19,22)(H,21,24);1-2H3/b11-8+,20-14-;. The molecule has 0 saturated heterocycles. The Morgan fingerprint density at radius 3 is 2.35 bits per heavy atom. The highest BCUT2D eigenvalue weighted by Crippen LogP contribution is 2.15. The van der Waals surface area contributed by atoms with E-state index in [4.69, 9.17) is 0 Å². The highest BCUT2D eigenvalue weighted by Gasteiger charge is 2.02. The molecule has 26 heavy (non-hydrogen) atoms. The maximum Gasteiger partial charge on any atom is 0.248 e. The highest BCUT2D eigenvalue weighted by atomic mass is 16.1. The smallest absolute Gasteiger partial charge is 0.248 e. The van der Waals surface area contributed by atoms with Gasteiger partial charge in [-0.1, -0.05) is 32.9 Å². The van der Waals surface area contributed by atoms with Gasteiger partial charge in [-0.2, -0.15) is 0 Å². The largest absolute Gasteiger partial charge is 0.324 e. The zero-order valence-corrected chi connectivity index (χ0v) is 17.1. The van der Waals surface area contributed by atoms with Gasteiger partial charge in [0.2, 0.25) is 11.9 Å². The van der Waals surface area contributed by atoms with E-state index in [0.29, 0.717) is 11.6 Å². The fourth-order valence-corrected chi connectivity index (χ4v) is 1.75. The van der Waals surface area contributed by atoms with E-state index in [9.17, 15) is 4.79 Å². The lowest BCUT2D eigenvalue weighted by Crippen LogP contribution is -2.13. The van der Waals surface area contributed by atoms with Gasteiger partial charge in [-0.3, -0.25) is 9.79 Å². The van der Waals surface area contributed by atoms with Gasteiger partial charge in [-0.25, -0.2) is 4.99 Å². The molecule has 144 valence electrons. The first-order valence-corrected chi connectivity index (χ1v) is 8.95. The molecular weight excluding hydrogens is 326 g/mol. The highest BCUT2D eigenvalue weighted by molar-refractivity contribution is 6.03. The summed E-state index contributed by atoms with van der Waals surface area (Å²) in [6.45, 7) is 8.73. The van der Waals surface area contributed by atoms with Crippen molar-refractivity contribution >= 4 is 29.0 Å². The molecule has 0 spiro atoms. The normalized spacial score (nSPS) is 12.0.